The number of aliphatic carboxylic acids is 1. The second-order valence-corrected chi connectivity index (χ2v) is 6.57. The van der Waals surface area contributed by atoms with Crippen LogP contribution in [0.4, 0.5) is 0 Å². The van der Waals surface area contributed by atoms with E-state index in [1.807, 2.05) is 0 Å². The van der Waals surface area contributed by atoms with Gasteiger partial charge in [0.05, 0.1) is 12.5 Å². The quantitative estimate of drug-likeness (QED) is 0.779. The molecule has 1 heterocycles. The van der Waals surface area contributed by atoms with Crippen molar-refractivity contribution in [1.82, 2.24) is 4.90 Å². The predicted molar refractivity (Wildman–Crippen MR) is 77.9 cm³/mol. The maximum absolute atomic E-state index is 12.6. The maximum atomic E-state index is 12.6. The lowest BCUT2D eigenvalue weighted by molar-refractivity contribution is -0.155. The molecule has 118 valence electrons. The van der Waals surface area contributed by atoms with Crippen molar-refractivity contribution >= 4 is 29.6 Å². The summed E-state index contributed by atoms with van der Waals surface area (Å²) in [5, 5.41) is 9.03. The Bertz CT molecular complexity index is 428. The highest BCUT2D eigenvalue weighted by atomic mass is 32.2. The van der Waals surface area contributed by atoms with Crippen LogP contribution in [0.2, 0.25) is 0 Å². The van der Waals surface area contributed by atoms with E-state index in [1.165, 1.54) is 0 Å². The highest BCUT2D eigenvalue weighted by molar-refractivity contribution is 7.99. The number of carbonyl (C=O) groups is 3. The average molecular weight is 315 g/mol. The van der Waals surface area contributed by atoms with E-state index in [0.717, 1.165) is 5.75 Å². The van der Waals surface area contributed by atoms with E-state index >= 15 is 0 Å². The molecule has 1 aliphatic heterocycles. The number of amides is 1. The smallest absolute Gasteiger partial charge is 0.329 e. The molecule has 21 heavy (non-hydrogen) atoms. The first-order valence-electron chi connectivity index (χ1n) is 7.32. The number of hydrogen-bond acceptors (Lipinski definition) is 5. The standard InChI is InChI=1S/C14H21NO5S/c1-2-20-14(19)11-8-21-6-5-15(11)12(16)9-3-4-10(7-9)13(17)18/h9-11H,2-8H2,1H3,(H,17,18)/t9-,10+,11?/m1/s1. The van der Waals surface area contributed by atoms with Crippen LogP contribution in [0.1, 0.15) is 26.2 Å². The fourth-order valence-electron chi connectivity index (χ4n) is 2.97. The van der Waals surface area contributed by atoms with Crippen molar-refractivity contribution in [2.75, 3.05) is 24.7 Å². The largest absolute Gasteiger partial charge is 0.481 e. The van der Waals surface area contributed by atoms with Crippen molar-refractivity contribution in [2.24, 2.45) is 11.8 Å². The van der Waals surface area contributed by atoms with Crippen LogP contribution < -0.4 is 0 Å². The van der Waals surface area contributed by atoms with E-state index in [2.05, 4.69) is 0 Å². The van der Waals surface area contributed by atoms with Gasteiger partial charge in [0.2, 0.25) is 5.91 Å². The van der Waals surface area contributed by atoms with Gasteiger partial charge in [0.1, 0.15) is 6.04 Å². The molecule has 1 saturated carbocycles. The summed E-state index contributed by atoms with van der Waals surface area (Å²) in [7, 11) is 0. The van der Waals surface area contributed by atoms with Gasteiger partial charge >= 0.3 is 11.9 Å². The minimum atomic E-state index is -0.832. The second-order valence-electron chi connectivity index (χ2n) is 5.42. The minimum absolute atomic E-state index is 0.0860. The van der Waals surface area contributed by atoms with Gasteiger partial charge in [-0.15, -0.1) is 0 Å². The summed E-state index contributed by atoms with van der Waals surface area (Å²) in [6, 6.07) is -0.528. The third kappa shape index (κ3) is 3.70. The van der Waals surface area contributed by atoms with Crippen LogP contribution in [0.3, 0.4) is 0 Å². The molecule has 1 saturated heterocycles. The molecule has 0 spiro atoms. The van der Waals surface area contributed by atoms with Crippen LogP contribution in [0.5, 0.6) is 0 Å². The van der Waals surface area contributed by atoms with Gasteiger partial charge in [0.15, 0.2) is 0 Å². The first-order valence-corrected chi connectivity index (χ1v) is 8.47. The molecule has 0 aromatic rings. The number of carbonyl (C=O) groups excluding carboxylic acids is 2. The van der Waals surface area contributed by atoms with Crippen molar-refractivity contribution in [3.05, 3.63) is 0 Å². The Balaban J connectivity index is 2.02. The Labute approximate surface area is 128 Å². The zero-order chi connectivity index (χ0) is 15.4. The van der Waals surface area contributed by atoms with E-state index in [-0.39, 0.29) is 17.8 Å². The van der Waals surface area contributed by atoms with E-state index in [1.54, 1.807) is 23.6 Å². The van der Waals surface area contributed by atoms with Crippen molar-refractivity contribution in [3.63, 3.8) is 0 Å². The number of thioether (sulfide) groups is 1. The summed E-state index contributed by atoms with van der Waals surface area (Å²) < 4.78 is 5.04. The molecule has 1 amide bonds. The monoisotopic (exact) mass is 315 g/mol. The number of carboxylic acids is 1. The Morgan fingerprint density at radius 2 is 2.00 bits per heavy atom. The number of ether oxygens (including phenoxy) is 1. The zero-order valence-corrected chi connectivity index (χ0v) is 12.9. The van der Waals surface area contributed by atoms with Gasteiger partial charge in [-0.25, -0.2) is 4.79 Å². The average Bonchev–Trinajstić information content (AvgIpc) is 2.97. The van der Waals surface area contributed by atoms with Crippen LogP contribution in [0.25, 0.3) is 0 Å². The van der Waals surface area contributed by atoms with E-state index < -0.39 is 17.9 Å². The minimum Gasteiger partial charge on any atom is -0.481 e. The predicted octanol–water partition coefficient (Wildman–Crippen LogP) is 0.994. The first kappa shape index (κ1) is 16.1. The fraction of sp³-hybridized carbons (Fsp3) is 0.786. The van der Waals surface area contributed by atoms with Crippen LogP contribution >= 0.6 is 11.8 Å². The summed E-state index contributed by atoms with van der Waals surface area (Å²) in [5.74, 6) is -0.620. The topological polar surface area (TPSA) is 83.9 Å². The molecule has 1 unspecified atom stereocenters. The number of esters is 1. The van der Waals surface area contributed by atoms with Gasteiger partial charge in [-0.3, -0.25) is 9.59 Å². The van der Waals surface area contributed by atoms with Crippen LogP contribution in [0.15, 0.2) is 0 Å². The van der Waals surface area contributed by atoms with E-state index in [0.29, 0.717) is 38.2 Å². The van der Waals surface area contributed by atoms with Crippen molar-refractivity contribution in [3.8, 4) is 0 Å². The van der Waals surface area contributed by atoms with Crippen LogP contribution in [0, 0.1) is 11.8 Å². The lowest BCUT2D eigenvalue weighted by atomic mass is 10.0. The van der Waals surface area contributed by atoms with E-state index in [9.17, 15) is 14.4 Å². The molecule has 0 aromatic carbocycles. The highest BCUT2D eigenvalue weighted by Crippen LogP contribution is 2.33. The van der Waals surface area contributed by atoms with Crippen LogP contribution in [-0.4, -0.2) is 58.6 Å². The summed E-state index contributed by atoms with van der Waals surface area (Å²) >= 11 is 1.64. The molecule has 3 atom stereocenters. The number of hydrogen-bond donors (Lipinski definition) is 1. The van der Waals surface area contributed by atoms with Crippen molar-refractivity contribution < 1.29 is 24.2 Å². The zero-order valence-electron chi connectivity index (χ0n) is 12.1. The van der Waals surface area contributed by atoms with Crippen molar-refractivity contribution in [2.45, 2.75) is 32.2 Å². The molecule has 1 aliphatic carbocycles. The van der Waals surface area contributed by atoms with Gasteiger partial charge in [0, 0.05) is 24.0 Å². The summed E-state index contributed by atoms with van der Waals surface area (Å²) in [5.41, 5.74) is 0. The SMILES string of the molecule is CCOC(=O)C1CSCCN1C(=O)[C@@H]1CC[C@H](C(=O)O)C1. The first-order chi connectivity index (χ1) is 10.0. The molecular formula is C14H21NO5S. The molecule has 2 rings (SSSR count). The Morgan fingerprint density at radius 1 is 1.29 bits per heavy atom. The van der Waals surface area contributed by atoms with Gasteiger partial charge in [-0.2, -0.15) is 11.8 Å². The summed E-state index contributed by atoms with van der Waals surface area (Å²) in [4.78, 5) is 37.2. The summed E-state index contributed by atoms with van der Waals surface area (Å²) in [6.07, 6.45) is 1.51. The third-order valence-corrected chi connectivity index (χ3v) is 5.12. The molecule has 0 aromatic heterocycles. The fourth-order valence-corrected chi connectivity index (χ4v) is 4.00. The lowest BCUT2D eigenvalue weighted by Crippen LogP contribution is -2.52. The molecule has 0 bridgehead atoms. The molecular weight excluding hydrogens is 294 g/mol. The van der Waals surface area contributed by atoms with Crippen molar-refractivity contribution in [1.29, 1.82) is 0 Å². The maximum Gasteiger partial charge on any atom is 0.329 e. The van der Waals surface area contributed by atoms with E-state index in [4.69, 9.17) is 9.84 Å². The molecule has 7 heteroatoms. The molecule has 0 radical (unpaired) electrons. The number of rotatable bonds is 4. The number of nitrogens with zero attached hydrogens (tertiary/aromatic N) is 1. The highest BCUT2D eigenvalue weighted by Gasteiger charge is 2.40. The van der Waals surface area contributed by atoms with Gasteiger partial charge in [-0.05, 0) is 26.2 Å². The molecule has 2 fully saturated rings. The third-order valence-electron chi connectivity index (χ3n) is 4.10. The molecule has 1 N–H and O–H groups in total. The van der Waals surface area contributed by atoms with Gasteiger partial charge < -0.3 is 14.7 Å². The molecule has 2 aliphatic rings. The normalized spacial score (nSPS) is 29.2. The van der Waals surface area contributed by atoms with Gasteiger partial charge in [0.25, 0.3) is 0 Å². The lowest BCUT2D eigenvalue weighted by Gasteiger charge is -2.35. The molecule has 6 nitrogen and oxygen atoms in total. The van der Waals surface area contributed by atoms with Crippen LogP contribution in [-0.2, 0) is 19.1 Å². The number of carboxylic acid groups (broad SMARTS) is 1. The van der Waals surface area contributed by atoms with Gasteiger partial charge in [-0.1, -0.05) is 0 Å². The Hall–Kier alpha value is -1.24. The second kappa shape index (κ2) is 7.15. The summed E-state index contributed by atoms with van der Waals surface area (Å²) in [6.45, 7) is 2.57. The Morgan fingerprint density at radius 3 is 2.62 bits per heavy atom. The Kier molecular flexibility index (Phi) is 5.50.